The fourth-order valence-electron chi connectivity index (χ4n) is 7.74. The van der Waals surface area contributed by atoms with Gasteiger partial charge in [-0.2, -0.15) is 18.8 Å². The number of halogens is 2. The van der Waals surface area contributed by atoms with Crippen LogP contribution in [0.3, 0.4) is 0 Å². The topological polar surface area (TPSA) is 166 Å². The maximum Gasteiger partial charge on any atom is 0.266 e. The van der Waals surface area contributed by atoms with Gasteiger partial charge in [0, 0.05) is 39.4 Å². The van der Waals surface area contributed by atoms with E-state index < -0.39 is 54.2 Å². The van der Waals surface area contributed by atoms with Crippen LogP contribution in [0.25, 0.3) is 0 Å². The van der Waals surface area contributed by atoms with E-state index in [9.17, 15) is 25.6 Å². The molecule has 364 valence electrons. The van der Waals surface area contributed by atoms with Crippen LogP contribution in [-0.4, -0.2) is 86.7 Å². The van der Waals surface area contributed by atoms with Crippen molar-refractivity contribution in [2.75, 3.05) is 41.7 Å². The van der Waals surface area contributed by atoms with E-state index in [4.69, 9.17) is 28.4 Å². The molecule has 0 bridgehead atoms. The summed E-state index contributed by atoms with van der Waals surface area (Å²) in [6, 6.07) is 28.3. The molecule has 0 radical (unpaired) electrons. The first kappa shape index (κ1) is 50.0. The standard InChI is InChI=1S/2C24H28FN3O5S/c1-31-20-10-6-18(7-11-20)16-27(17-19-8-12-21(32-2)13-9-19)34(29,30)24-22(25)15-26-28(24)23-5-3-4-14-33-23;1-31-20-10-6-18(7-11-20)15-27(16-19-8-12-21(32-2)13-9-19)34(29,30)24-22(25)17-28(26-24)23-5-3-4-14-33-23/h6-13,15,23H,3-5,14,16-17H2,1-2H3;6-13,17,23H,3-5,14-16H2,1-2H3. The number of hydrogen-bond acceptors (Lipinski definition) is 12. The van der Waals surface area contributed by atoms with E-state index in [-0.39, 0.29) is 26.2 Å². The van der Waals surface area contributed by atoms with E-state index >= 15 is 0 Å². The average Bonchev–Trinajstić information content (AvgIpc) is 3.98. The average molecular weight is 979 g/mol. The van der Waals surface area contributed by atoms with Crippen molar-refractivity contribution in [2.45, 2.75) is 87.2 Å². The molecule has 2 aliphatic heterocycles. The van der Waals surface area contributed by atoms with Crippen molar-refractivity contribution in [3.05, 3.63) is 143 Å². The first-order chi connectivity index (χ1) is 32.8. The van der Waals surface area contributed by atoms with E-state index in [1.165, 1.54) is 18.0 Å². The summed E-state index contributed by atoms with van der Waals surface area (Å²) in [6.07, 6.45) is 5.73. The molecule has 2 unspecified atom stereocenters. The van der Waals surface area contributed by atoms with Gasteiger partial charge in [-0.15, -0.1) is 0 Å². The number of sulfonamides is 2. The second kappa shape index (κ2) is 22.9. The molecular weight excluding hydrogens is 923 g/mol. The van der Waals surface area contributed by atoms with E-state index in [0.717, 1.165) is 60.3 Å². The lowest BCUT2D eigenvalue weighted by atomic mass is 10.2. The molecule has 2 aromatic heterocycles. The van der Waals surface area contributed by atoms with E-state index in [0.29, 0.717) is 49.1 Å². The summed E-state index contributed by atoms with van der Waals surface area (Å²) in [6.45, 7) is 1.15. The van der Waals surface area contributed by atoms with Crippen LogP contribution in [0.4, 0.5) is 8.78 Å². The molecule has 2 atom stereocenters. The van der Waals surface area contributed by atoms with Crippen LogP contribution in [0.2, 0.25) is 0 Å². The summed E-state index contributed by atoms with van der Waals surface area (Å²) in [5, 5.41) is 7.04. The van der Waals surface area contributed by atoms with Gasteiger partial charge < -0.3 is 28.4 Å². The van der Waals surface area contributed by atoms with Crippen LogP contribution < -0.4 is 18.9 Å². The minimum Gasteiger partial charge on any atom is -0.497 e. The normalized spacial score (nSPS) is 16.5. The maximum absolute atomic E-state index is 14.9. The summed E-state index contributed by atoms with van der Waals surface area (Å²) in [7, 11) is -2.30. The predicted octanol–water partition coefficient (Wildman–Crippen LogP) is 8.26. The Morgan fingerprint density at radius 2 is 0.941 bits per heavy atom. The maximum atomic E-state index is 14.9. The molecule has 2 saturated heterocycles. The Morgan fingerprint density at radius 3 is 1.31 bits per heavy atom. The monoisotopic (exact) mass is 978 g/mol. The van der Waals surface area contributed by atoms with Crippen molar-refractivity contribution >= 4 is 20.0 Å². The van der Waals surface area contributed by atoms with Gasteiger partial charge in [0.25, 0.3) is 20.0 Å². The largest absolute Gasteiger partial charge is 0.497 e. The lowest BCUT2D eigenvalue weighted by Gasteiger charge is -2.27. The molecule has 2 fully saturated rings. The molecule has 8 rings (SSSR count). The molecule has 2 aliphatic rings. The first-order valence-electron chi connectivity index (χ1n) is 22.1. The number of benzene rings is 4. The Morgan fingerprint density at radius 1 is 0.559 bits per heavy atom. The number of aromatic nitrogens is 4. The highest BCUT2D eigenvalue weighted by molar-refractivity contribution is 7.89. The zero-order valence-electron chi connectivity index (χ0n) is 38.4. The van der Waals surface area contributed by atoms with Crippen molar-refractivity contribution in [1.82, 2.24) is 28.2 Å². The third kappa shape index (κ3) is 12.2. The number of ether oxygens (including phenoxy) is 6. The van der Waals surface area contributed by atoms with Crippen molar-refractivity contribution in [2.24, 2.45) is 0 Å². The van der Waals surface area contributed by atoms with E-state index in [2.05, 4.69) is 10.2 Å². The minimum atomic E-state index is -4.28. The van der Waals surface area contributed by atoms with Crippen molar-refractivity contribution in [1.29, 1.82) is 0 Å². The molecule has 0 aliphatic carbocycles. The number of nitrogens with zero attached hydrogens (tertiary/aromatic N) is 6. The summed E-state index contributed by atoms with van der Waals surface area (Å²) in [4.78, 5) is 0. The van der Waals surface area contributed by atoms with Crippen molar-refractivity contribution in [3.63, 3.8) is 0 Å². The molecule has 4 aromatic carbocycles. The molecule has 0 saturated carbocycles. The van der Waals surface area contributed by atoms with E-state index in [1.807, 2.05) is 0 Å². The molecule has 68 heavy (non-hydrogen) atoms. The Bertz CT molecular complexity index is 2660. The fraction of sp³-hybridized carbons (Fsp3) is 0.375. The van der Waals surface area contributed by atoms with Crippen molar-refractivity contribution < 1.29 is 54.0 Å². The summed E-state index contributed by atoms with van der Waals surface area (Å²) >= 11 is 0. The van der Waals surface area contributed by atoms with Crippen LogP contribution >= 0.6 is 0 Å². The fourth-order valence-corrected chi connectivity index (χ4v) is 10.7. The second-order valence-electron chi connectivity index (χ2n) is 16.1. The highest BCUT2D eigenvalue weighted by Gasteiger charge is 2.36. The van der Waals surface area contributed by atoms with Gasteiger partial charge in [-0.1, -0.05) is 48.5 Å². The van der Waals surface area contributed by atoms with Gasteiger partial charge in [-0.25, -0.2) is 35.0 Å². The predicted molar refractivity (Wildman–Crippen MR) is 247 cm³/mol. The lowest BCUT2D eigenvalue weighted by Crippen LogP contribution is -2.34. The summed E-state index contributed by atoms with van der Waals surface area (Å²) in [5.74, 6) is 0.835. The second-order valence-corrected chi connectivity index (χ2v) is 19.8. The number of methoxy groups -OCH3 is 4. The molecule has 6 aromatic rings. The van der Waals surface area contributed by atoms with Crippen LogP contribution in [0, 0.1) is 11.6 Å². The molecular formula is C48H56F2N6O10S2. The third-order valence-corrected chi connectivity index (χ3v) is 15.0. The zero-order valence-corrected chi connectivity index (χ0v) is 40.0. The van der Waals surface area contributed by atoms with Crippen LogP contribution in [-0.2, 0) is 55.7 Å². The highest BCUT2D eigenvalue weighted by atomic mass is 32.2. The smallest absolute Gasteiger partial charge is 0.266 e. The van der Waals surface area contributed by atoms with Gasteiger partial charge in [-0.3, -0.25) is 0 Å². The van der Waals surface area contributed by atoms with Gasteiger partial charge in [0.15, 0.2) is 17.9 Å². The number of hydrogen-bond donors (Lipinski definition) is 0. The Labute approximate surface area is 396 Å². The molecule has 0 amide bonds. The van der Waals surface area contributed by atoms with Gasteiger partial charge in [-0.05, 0) is 109 Å². The zero-order chi connectivity index (χ0) is 48.3. The van der Waals surface area contributed by atoms with Gasteiger partial charge >= 0.3 is 0 Å². The highest BCUT2D eigenvalue weighted by Crippen LogP contribution is 2.31. The number of rotatable bonds is 18. The Kier molecular flexibility index (Phi) is 16.9. The molecule has 20 heteroatoms. The van der Waals surface area contributed by atoms with Gasteiger partial charge in [0.1, 0.15) is 29.2 Å². The first-order valence-corrected chi connectivity index (χ1v) is 24.9. The lowest BCUT2D eigenvalue weighted by molar-refractivity contribution is -0.0455. The minimum absolute atomic E-state index is 0.0323. The molecule has 0 N–H and O–H groups in total. The van der Waals surface area contributed by atoms with Crippen molar-refractivity contribution in [3.8, 4) is 23.0 Å². The van der Waals surface area contributed by atoms with E-state index in [1.54, 1.807) is 126 Å². The molecule has 4 heterocycles. The molecule has 16 nitrogen and oxygen atoms in total. The molecule has 0 spiro atoms. The Balaban J connectivity index is 0.000000201. The third-order valence-electron chi connectivity index (χ3n) is 11.5. The van der Waals surface area contributed by atoms with Crippen LogP contribution in [0.15, 0.2) is 120 Å². The van der Waals surface area contributed by atoms with Crippen LogP contribution in [0.5, 0.6) is 23.0 Å². The van der Waals surface area contributed by atoms with Gasteiger partial charge in [0.05, 0.1) is 40.8 Å². The summed E-state index contributed by atoms with van der Waals surface area (Å²) in [5.41, 5.74) is 2.93. The SMILES string of the molecule is COc1ccc(CN(Cc2ccc(OC)cc2)S(=O)(=O)c2c(F)cnn2C2CCCCO2)cc1.COc1ccc(CN(Cc2ccc(OC)cc2)S(=O)(=O)c2nn(C3CCCCO3)cc2F)cc1. The van der Waals surface area contributed by atoms with Crippen LogP contribution in [0.1, 0.15) is 73.2 Å². The quantitative estimate of drug-likeness (QED) is 0.0811. The van der Waals surface area contributed by atoms with Gasteiger partial charge in [0.2, 0.25) is 10.1 Å². The Hall–Kier alpha value is -5.90. The summed E-state index contributed by atoms with van der Waals surface area (Å²) < 4.78 is 122.